The second kappa shape index (κ2) is 13.6. The third-order valence-electron chi connectivity index (χ3n) is 7.12. The fraction of sp³-hybridized carbons (Fsp3) is 0.156. The summed E-state index contributed by atoms with van der Waals surface area (Å²) in [7, 11) is -3.15. The predicted octanol–water partition coefficient (Wildman–Crippen LogP) is 5.67. The van der Waals surface area contributed by atoms with Crippen molar-refractivity contribution in [1.29, 1.82) is 0 Å². The van der Waals surface area contributed by atoms with Gasteiger partial charge in [-0.2, -0.15) is 0 Å². The molecule has 1 aliphatic rings. The van der Waals surface area contributed by atoms with Gasteiger partial charge >= 0.3 is 0 Å². The third kappa shape index (κ3) is 7.46. The van der Waals surface area contributed by atoms with Crippen LogP contribution in [0.4, 0.5) is 11.5 Å². The highest BCUT2D eigenvalue weighted by atomic mass is 35.5. The van der Waals surface area contributed by atoms with Crippen LogP contribution in [-0.4, -0.2) is 45.9 Å². The summed E-state index contributed by atoms with van der Waals surface area (Å²) in [6.45, 7) is 1.47. The number of benzene rings is 3. The first-order valence-corrected chi connectivity index (χ1v) is 16.2. The summed E-state index contributed by atoms with van der Waals surface area (Å²) in [5.74, 6) is 2.69. The summed E-state index contributed by atoms with van der Waals surface area (Å²) in [6, 6.07) is 21.4. The van der Waals surface area contributed by atoms with Crippen LogP contribution >= 0.6 is 23.2 Å². The lowest BCUT2D eigenvalue weighted by molar-refractivity contribution is -0.123. The first kappa shape index (κ1) is 31.2. The van der Waals surface area contributed by atoms with Crippen LogP contribution in [0.15, 0.2) is 90.0 Å². The van der Waals surface area contributed by atoms with Gasteiger partial charge in [-0.15, -0.1) is 0 Å². The zero-order valence-electron chi connectivity index (χ0n) is 23.4. The van der Waals surface area contributed by atoms with Crippen molar-refractivity contribution in [2.75, 3.05) is 23.7 Å². The van der Waals surface area contributed by atoms with Crippen LogP contribution in [0.1, 0.15) is 33.6 Å². The van der Waals surface area contributed by atoms with Crippen molar-refractivity contribution < 1.29 is 18.6 Å². The number of pyridine rings is 1. The Labute approximate surface area is 265 Å². The Morgan fingerprint density at radius 2 is 1.57 bits per heavy atom. The molecular formula is C32H29Cl2N5O4S. The maximum Gasteiger partial charge on any atom is 0.258 e. The van der Waals surface area contributed by atoms with Gasteiger partial charge in [0.05, 0.1) is 30.9 Å². The summed E-state index contributed by atoms with van der Waals surface area (Å²) in [5, 5.41) is 9.39. The van der Waals surface area contributed by atoms with E-state index in [1.54, 1.807) is 66.7 Å². The molecule has 0 radical (unpaired) electrons. The Hall–Kier alpha value is -4.22. The second-order valence-electron chi connectivity index (χ2n) is 10.2. The average molecular weight is 651 g/mol. The molecule has 1 unspecified atom stereocenters. The molecule has 0 bridgehead atoms. The van der Waals surface area contributed by atoms with Gasteiger partial charge in [-0.3, -0.25) is 19.1 Å². The molecule has 1 fully saturated rings. The lowest BCUT2D eigenvalue weighted by Crippen LogP contribution is -2.40. The number of anilines is 2. The van der Waals surface area contributed by atoms with Crippen molar-refractivity contribution in [2.45, 2.75) is 17.7 Å². The number of carbonyl (C=O) groups is 3. The van der Waals surface area contributed by atoms with E-state index in [1.807, 2.05) is 0 Å². The summed E-state index contributed by atoms with van der Waals surface area (Å²) in [6.07, 6.45) is 2.75. The summed E-state index contributed by atoms with van der Waals surface area (Å²) < 4.78 is 16.4. The molecule has 3 amide bonds. The fourth-order valence-corrected chi connectivity index (χ4v) is 6.54. The van der Waals surface area contributed by atoms with E-state index in [4.69, 9.17) is 23.2 Å². The molecule has 9 nitrogen and oxygen atoms in total. The number of hydrogen-bond acceptors (Lipinski definition) is 6. The van der Waals surface area contributed by atoms with Crippen LogP contribution in [0.2, 0.25) is 10.0 Å². The molecule has 1 saturated heterocycles. The normalized spacial score (nSPS) is 14.7. The zero-order chi connectivity index (χ0) is 31.3. The third-order valence-corrected chi connectivity index (χ3v) is 9.18. The number of halogens is 2. The van der Waals surface area contributed by atoms with Crippen molar-refractivity contribution in [3.05, 3.63) is 106 Å². The van der Waals surface area contributed by atoms with Crippen LogP contribution in [0.25, 0.3) is 11.1 Å². The molecule has 226 valence electrons. The Kier molecular flexibility index (Phi) is 9.65. The van der Waals surface area contributed by atoms with Gasteiger partial charge in [0.2, 0.25) is 5.91 Å². The largest absolute Gasteiger partial charge is 0.321 e. The molecule has 1 atom stereocenters. The smallest absolute Gasteiger partial charge is 0.258 e. The second-order valence-corrected chi connectivity index (χ2v) is 13.1. The van der Waals surface area contributed by atoms with Gasteiger partial charge in [-0.05, 0) is 91.5 Å². The first-order chi connectivity index (χ1) is 21.1. The molecule has 5 rings (SSSR count). The molecule has 4 aromatic rings. The Balaban J connectivity index is 1.33. The number of carbonyl (C=O) groups excluding carboxylic acids is 3. The molecule has 3 aromatic carbocycles. The highest BCUT2D eigenvalue weighted by molar-refractivity contribution is 7.99. The van der Waals surface area contributed by atoms with Gasteiger partial charge < -0.3 is 16.0 Å². The molecule has 4 N–H and O–H groups in total. The van der Waals surface area contributed by atoms with Crippen molar-refractivity contribution in [3.63, 3.8) is 0 Å². The topological polar surface area (TPSA) is 129 Å². The fourth-order valence-electron chi connectivity index (χ4n) is 4.82. The minimum Gasteiger partial charge on any atom is -0.321 e. The predicted molar refractivity (Wildman–Crippen MR) is 176 cm³/mol. The standard InChI is InChI=1S/C32H29Cl2N5O4S/c1-44(43,39-31(41)22-14-16-35-17-15-22)28-5-3-2-4-25(28)20-6-8-21(9-7-20)30(40)37-27-12-10-23(33)18-26(27)32(42)38-29-13-11-24(34)19-36-29/h2-13,18-19,22,35H,1,14-17H2,(H,37,40)(H,36,38,42)(H,39,41,43). The van der Waals surface area contributed by atoms with E-state index in [9.17, 15) is 18.6 Å². The number of rotatable bonds is 8. The van der Waals surface area contributed by atoms with Crippen molar-refractivity contribution in [2.24, 2.45) is 5.92 Å². The highest BCUT2D eigenvalue weighted by Gasteiger charge is 2.25. The maximum atomic E-state index is 13.7. The SMILES string of the molecule is C=S(=O)(NC(=O)C1CCNCC1)c1ccccc1-c1ccc(C(=O)Nc2ccc(Cl)cc2C(=O)Nc2ccc(Cl)cn2)cc1. The van der Waals surface area contributed by atoms with Crippen molar-refractivity contribution >= 4 is 68.0 Å². The minimum absolute atomic E-state index is 0.143. The van der Waals surface area contributed by atoms with E-state index in [0.717, 1.165) is 13.1 Å². The number of nitrogens with one attached hydrogen (secondary N) is 4. The molecule has 0 aliphatic carbocycles. The van der Waals surface area contributed by atoms with Gasteiger partial charge in [-0.25, -0.2) is 9.19 Å². The van der Waals surface area contributed by atoms with Crippen LogP contribution in [0.5, 0.6) is 0 Å². The molecule has 2 heterocycles. The lowest BCUT2D eigenvalue weighted by Gasteiger charge is -2.23. The lowest BCUT2D eigenvalue weighted by atomic mass is 9.98. The van der Waals surface area contributed by atoms with E-state index in [2.05, 4.69) is 31.5 Å². The molecule has 1 aromatic heterocycles. The quantitative estimate of drug-likeness (QED) is 0.182. The van der Waals surface area contributed by atoms with E-state index < -0.39 is 21.5 Å². The van der Waals surface area contributed by atoms with Crippen LogP contribution in [-0.2, 0) is 14.5 Å². The van der Waals surface area contributed by atoms with Gasteiger partial charge in [0.25, 0.3) is 11.8 Å². The molecule has 0 saturated carbocycles. The molecule has 44 heavy (non-hydrogen) atoms. The molecule has 12 heteroatoms. The first-order valence-electron chi connectivity index (χ1n) is 13.7. The van der Waals surface area contributed by atoms with Gasteiger partial charge in [0, 0.05) is 22.7 Å². The van der Waals surface area contributed by atoms with E-state index >= 15 is 0 Å². The monoisotopic (exact) mass is 649 g/mol. The van der Waals surface area contributed by atoms with E-state index in [0.29, 0.717) is 44.5 Å². The van der Waals surface area contributed by atoms with E-state index in [-0.39, 0.29) is 28.9 Å². The van der Waals surface area contributed by atoms with E-state index in [1.165, 1.54) is 18.3 Å². The molecular weight excluding hydrogens is 621 g/mol. The number of piperidine rings is 1. The Morgan fingerprint density at radius 3 is 2.27 bits per heavy atom. The van der Waals surface area contributed by atoms with Gasteiger partial charge in [0.1, 0.15) is 5.82 Å². The number of hydrogen-bond donors (Lipinski definition) is 4. The Bertz CT molecular complexity index is 1810. The number of amides is 3. The Morgan fingerprint density at radius 1 is 0.864 bits per heavy atom. The zero-order valence-corrected chi connectivity index (χ0v) is 25.8. The van der Waals surface area contributed by atoms with Gasteiger partial charge in [0.15, 0.2) is 0 Å². The maximum absolute atomic E-state index is 13.7. The number of nitrogens with zero attached hydrogens (tertiary/aromatic N) is 1. The molecule has 1 aliphatic heterocycles. The average Bonchev–Trinajstić information content (AvgIpc) is 3.03. The summed E-state index contributed by atoms with van der Waals surface area (Å²) >= 11 is 12.0. The number of aromatic nitrogens is 1. The van der Waals surface area contributed by atoms with Gasteiger partial charge in [-0.1, -0.05) is 53.5 Å². The minimum atomic E-state index is -3.15. The molecule has 0 spiro atoms. The van der Waals surface area contributed by atoms with Crippen LogP contribution in [0, 0.1) is 5.92 Å². The van der Waals surface area contributed by atoms with Crippen molar-refractivity contribution in [3.8, 4) is 11.1 Å². The highest BCUT2D eigenvalue weighted by Crippen LogP contribution is 2.29. The van der Waals surface area contributed by atoms with Crippen LogP contribution in [0.3, 0.4) is 0 Å². The summed E-state index contributed by atoms with van der Waals surface area (Å²) in [5.41, 5.74) is 2.03. The van der Waals surface area contributed by atoms with Crippen LogP contribution < -0.4 is 20.7 Å². The summed E-state index contributed by atoms with van der Waals surface area (Å²) in [4.78, 5) is 43.5. The van der Waals surface area contributed by atoms with Crippen molar-refractivity contribution in [1.82, 2.24) is 15.0 Å².